The topological polar surface area (TPSA) is 0 Å². The number of aryl methyl sites for hydroxylation is 1. The highest BCUT2D eigenvalue weighted by Gasteiger charge is 1.92. The summed E-state index contributed by atoms with van der Waals surface area (Å²) in [5.74, 6) is 6.86. The highest BCUT2D eigenvalue weighted by Crippen LogP contribution is 2.13. The van der Waals surface area contributed by atoms with Crippen molar-refractivity contribution in [3.8, 4) is 11.8 Å². The molecule has 0 aromatic heterocycles. The van der Waals surface area contributed by atoms with E-state index in [1.165, 1.54) is 0 Å². The number of halogens is 1. The zero-order valence-corrected chi connectivity index (χ0v) is 9.12. The predicted octanol–water partition coefficient (Wildman–Crippen LogP) is 3.32. The van der Waals surface area contributed by atoms with E-state index in [0.717, 1.165) is 28.3 Å². The molecule has 0 fully saturated rings. The lowest BCUT2D eigenvalue weighted by Gasteiger charge is -1.95. The third kappa shape index (κ3) is 3.76. The summed E-state index contributed by atoms with van der Waals surface area (Å²) in [5, 5.41) is 0.746. The van der Waals surface area contributed by atoms with E-state index in [1.54, 1.807) is 0 Å². The Hall–Kier alpha value is -0.580. The van der Waals surface area contributed by atoms with Crippen LogP contribution < -0.4 is 0 Å². The molecule has 0 saturated carbocycles. The van der Waals surface area contributed by atoms with Gasteiger partial charge in [-0.3, -0.25) is 0 Å². The Morgan fingerprint density at radius 1 is 1.38 bits per heavy atom. The smallest absolute Gasteiger partial charge is 0.0421 e. The summed E-state index contributed by atoms with van der Waals surface area (Å²) in [5.41, 5.74) is 2.12. The van der Waals surface area contributed by atoms with Crippen LogP contribution in [0.1, 0.15) is 17.5 Å². The van der Waals surface area contributed by atoms with Crippen LogP contribution in [0.4, 0.5) is 0 Å². The first-order chi connectivity index (χ1) is 6.22. The number of thiol groups is 1. The van der Waals surface area contributed by atoms with Gasteiger partial charge < -0.3 is 0 Å². The molecule has 0 aliphatic carbocycles. The van der Waals surface area contributed by atoms with Gasteiger partial charge in [-0.05, 0) is 30.7 Å². The molecule has 0 atom stereocenters. The summed E-state index contributed by atoms with van der Waals surface area (Å²) in [7, 11) is 0. The van der Waals surface area contributed by atoms with E-state index in [2.05, 4.69) is 24.5 Å². The van der Waals surface area contributed by atoms with Crippen molar-refractivity contribution >= 4 is 24.2 Å². The average Bonchev–Trinajstić information content (AvgIpc) is 2.03. The van der Waals surface area contributed by atoms with Gasteiger partial charge >= 0.3 is 0 Å². The lowest BCUT2D eigenvalue weighted by atomic mass is 10.1. The fourth-order valence-electron chi connectivity index (χ4n) is 1.03. The molecule has 0 nitrogen and oxygen atoms in total. The fourth-order valence-corrected chi connectivity index (χ4v) is 1.43. The maximum absolute atomic E-state index is 5.88. The summed E-state index contributed by atoms with van der Waals surface area (Å²) in [6.07, 6.45) is 0.814. The Morgan fingerprint density at radius 2 is 2.15 bits per heavy atom. The van der Waals surface area contributed by atoms with E-state index in [9.17, 15) is 0 Å². The van der Waals surface area contributed by atoms with E-state index in [-0.39, 0.29) is 0 Å². The van der Waals surface area contributed by atoms with Crippen LogP contribution in [-0.2, 0) is 0 Å². The lowest BCUT2D eigenvalue weighted by Crippen LogP contribution is -1.78. The SMILES string of the molecule is Cc1cc(Cl)cc(C#CCCS)c1. The molecule has 0 heterocycles. The average molecular weight is 211 g/mol. The Morgan fingerprint density at radius 3 is 2.77 bits per heavy atom. The number of hydrogen-bond acceptors (Lipinski definition) is 1. The van der Waals surface area contributed by atoms with Crippen LogP contribution in [0.5, 0.6) is 0 Å². The highest BCUT2D eigenvalue weighted by molar-refractivity contribution is 7.80. The standard InChI is InChI=1S/C11H11ClS/c1-9-6-10(4-2-3-5-13)8-11(12)7-9/h6-8,13H,3,5H2,1H3. The van der Waals surface area contributed by atoms with Crippen LogP contribution in [0.15, 0.2) is 18.2 Å². The number of benzene rings is 1. The van der Waals surface area contributed by atoms with Crippen molar-refractivity contribution in [1.82, 2.24) is 0 Å². The van der Waals surface area contributed by atoms with Crippen molar-refractivity contribution in [1.29, 1.82) is 0 Å². The number of hydrogen-bond donors (Lipinski definition) is 1. The van der Waals surface area contributed by atoms with Crippen molar-refractivity contribution in [2.24, 2.45) is 0 Å². The van der Waals surface area contributed by atoms with Crippen molar-refractivity contribution < 1.29 is 0 Å². The van der Waals surface area contributed by atoms with Gasteiger partial charge in [0.15, 0.2) is 0 Å². The van der Waals surface area contributed by atoms with Crippen LogP contribution >= 0.6 is 24.2 Å². The zero-order valence-electron chi connectivity index (χ0n) is 7.47. The van der Waals surface area contributed by atoms with E-state index >= 15 is 0 Å². The van der Waals surface area contributed by atoms with Gasteiger partial charge in [-0.15, -0.1) is 0 Å². The van der Waals surface area contributed by atoms with E-state index < -0.39 is 0 Å². The molecule has 0 aliphatic heterocycles. The molecule has 1 rings (SSSR count). The third-order valence-electron chi connectivity index (χ3n) is 1.51. The van der Waals surface area contributed by atoms with Crippen molar-refractivity contribution in [2.45, 2.75) is 13.3 Å². The molecule has 0 spiro atoms. The Kier molecular flexibility index (Phi) is 4.21. The summed E-state index contributed by atoms with van der Waals surface area (Å²) in [6, 6.07) is 5.82. The van der Waals surface area contributed by atoms with Crippen LogP contribution in [0.2, 0.25) is 5.02 Å². The monoisotopic (exact) mass is 210 g/mol. The molecule has 68 valence electrons. The Labute approximate surface area is 89.7 Å². The largest absolute Gasteiger partial charge is 0.178 e. The molecule has 13 heavy (non-hydrogen) atoms. The van der Waals surface area contributed by atoms with Crippen molar-refractivity contribution in [2.75, 3.05) is 5.75 Å². The third-order valence-corrected chi connectivity index (χ3v) is 1.95. The quantitative estimate of drug-likeness (QED) is 0.534. The summed E-state index contributed by atoms with van der Waals surface area (Å²) < 4.78 is 0. The molecule has 0 aliphatic rings. The van der Waals surface area contributed by atoms with Crippen molar-refractivity contribution in [3.05, 3.63) is 34.3 Å². The Balaban J connectivity index is 2.85. The minimum absolute atomic E-state index is 0.746. The lowest BCUT2D eigenvalue weighted by molar-refractivity contribution is 1.31. The van der Waals surface area contributed by atoms with Crippen LogP contribution in [0.25, 0.3) is 0 Å². The van der Waals surface area contributed by atoms with Crippen LogP contribution in [0.3, 0.4) is 0 Å². The second kappa shape index (κ2) is 5.21. The van der Waals surface area contributed by atoms with Gasteiger partial charge in [0, 0.05) is 22.8 Å². The van der Waals surface area contributed by atoms with Gasteiger partial charge in [-0.1, -0.05) is 23.4 Å². The summed E-state index contributed by atoms with van der Waals surface area (Å²) in [4.78, 5) is 0. The molecule has 0 unspecified atom stereocenters. The van der Waals surface area contributed by atoms with Crippen molar-refractivity contribution in [3.63, 3.8) is 0 Å². The molecule has 0 radical (unpaired) electrons. The van der Waals surface area contributed by atoms with Gasteiger partial charge in [0.2, 0.25) is 0 Å². The number of rotatable bonds is 1. The molecular weight excluding hydrogens is 200 g/mol. The molecule has 2 heteroatoms. The Bertz CT molecular complexity index is 327. The van der Waals surface area contributed by atoms with E-state index in [4.69, 9.17) is 11.6 Å². The highest BCUT2D eigenvalue weighted by atomic mass is 35.5. The first kappa shape index (κ1) is 10.5. The fraction of sp³-hybridized carbons (Fsp3) is 0.273. The first-order valence-electron chi connectivity index (χ1n) is 4.09. The first-order valence-corrected chi connectivity index (χ1v) is 5.10. The molecular formula is C11H11ClS. The zero-order chi connectivity index (χ0) is 9.68. The minimum atomic E-state index is 0.746. The van der Waals surface area contributed by atoms with Gasteiger partial charge in [-0.2, -0.15) is 12.6 Å². The predicted molar refractivity (Wildman–Crippen MR) is 61.5 cm³/mol. The maximum Gasteiger partial charge on any atom is 0.0421 e. The summed E-state index contributed by atoms with van der Waals surface area (Å²) in [6.45, 7) is 2.01. The second-order valence-electron chi connectivity index (χ2n) is 2.79. The molecule has 0 amide bonds. The van der Waals surface area contributed by atoms with E-state index in [0.29, 0.717) is 0 Å². The molecule has 1 aromatic rings. The van der Waals surface area contributed by atoms with Gasteiger partial charge in [0.25, 0.3) is 0 Å². The van der Waals surface area contributed by atoms with Crippen LogP contribution in [-0.4, -0.2) is 5.75 Å². The maximum atomic E-state index is 5.88. The minimum Gasteiger partial charge on any atom is -0.178 e. The summed E-state index contributed by atoms with van der Waals surface area (Å²) >= 11 is 9.96. The molecule has 0 N–H and O–H groups in total. The van der Waals surface area contributed by atoms with Gasteiger partial charge in [0.1, 0.15) is 0 Å². The second-order valence-corrected chi connectivity index (χ2v) is 3.68. The van der Waals surface area contributed by atoms with Crippen LogP contribution in [0, 0.1) is 18.8 Å². The molecule has 1 aromatic carbocycles. The van der Waals surface area contributed by atoms with Gasteiger partial charge in [-0.25, -0.2) is 0 Å². The normalized spacial score (nSPS) is 9.15. The van der Waals surface area contributed by atoms with Gasteiger partial charge in [0.05, 0.1) is 0 Å². The molecule has 0 bridgehead atoms. The molecule has 0 saturated heterocycles. The van der Waals surface area contributed by atoms with E-state index in [1.807, 2.05) is 25.1 Å².